The Bertz CT molecular complexity index is 2330. The maximum Gasteiger partial charge on any atom is 0.119 e. The molecule has 2 atom stereocenters. The van der Waals surface area contributed by atoms with Crippen molar-refractivity contribution in [3.8, 4) is 22.6 Å². The van der Waals surface area contributed by atoms with Crippen molar-refractivity contribution in [1.82, 2.24) is 0 Å². The molecular formula is C50H46O4. The lowest BCUT2D eigenvalue weighted by Crippen LogP contribution is -2.28. The summed E-state index contributed by atoms with van der Waals surface area (Å²) in [4.78, 5) is 0. The first kappa shape index (κ1) is 35.4. The van der Waals surface area contributed by atoms with Crippen LogP contribution in [-0.4, -0.2) is 36.6 Å². The Morgan fingerprint density at radius 1 is 0.611 bits per heavy atom. The molecule has 0 fully saturated rings. The Morgan fingerprint density at radius 3 is 1.83 bits per heavy atom. The zero-order valence-electron chi connectivity index (χ0n) is 30.7. The fraction of sp³-hybridized carbons (Fsp3) is 0.200. The zero-order valence-corrected chi connectivity index (χ0v) is 30.7. The van der Waals surface area contributed by atoms with Crippen molar-refractivity contribution in [2.24, 2.45) is 11.8 Å². The van der Waals surface area contributed by atoms with Crippen molar-refractivity contribution in [1.29, 1.82) is 0 Å². The molecule has 8 rings (SSSR count). The second-order valence-electron chi connectivity index (χ2n) is 14.1. The highest BCUT2D eigenvalue weighted by molar-refractivity contribution is 5.97. The minimum absolute atomic E-state index is 0.0430. The first-order valence-electron chi connectivity index (χ1n) is 19.1. The highest BCUT2D eigenvalue weighted by Gasteiger charge is 2.48. The number of allylic oxidation sites excluding steroid dienone is 8. The van der Waals surface area contributed by atoms with Gasteiger partial charge < -0.3 is 19.7 Å². The summed E-state index contributed by atoms with van der Waals surface area (Å²) in [6.45, 7) is 2.58. The zero-order chi connectivity index (χ0) is 36.9. The molecule has 0 bridgehead atoms. The molecule has 0 radical (unpaired) electrons. The van der Waals surface area contributed by atoms with Crippen LogP contribution in [0.25, 0.3) is 28.9 Å². The van der Waals surface area contributed by atoms with E-state index in [0.29, 0.717) is 11.8 Å². The summed E-state index contributed by atoms with van der Waals surface area (Å²) in [7, 11) is 0. The van der Waals surface area contributed by atoms with Crippen LogP contribution in [0.1, 0.15) is 46.7 Å². The van der Waals surface area contributed by atoms with Crippen molar-refractivity contribution in [3.63, 3.8) is 0 Å². The molecule has 0 amide bonds. The van der Waals surface area contributed by atoms with Crippen LogP contribution in [0, 0.1) is 11.8 Å². The molecule has 5 aromatic rings. The van der Waals surface area contributed by atoms with E-state index in [2.05, 4.69) is 147 Å². The molecule has 54 heavy (non-hydrogen) atoms. The van der Waals surface area contributed by atoms with Gasteiger partial charge in [-0.3, -0.25) is 0 Å². The van der Waals surface area contributed by atoms with E-state index >= 15 is 0 Å². The van der Waals surface area contributed by atoms with Gasteiger partial charge in [0, 0.05) is 11.8 Å². The Morgan fingerprint density at radius 2 is 1.20 bits per heavy atom. The molecule has 0 aromatic heterocycles. The number of aliphatic hydroxyl groups excluding tert-OH is 2. The fourth-order valence-electron chi connectivity index (χ4n) is 8.60. The number of fused-ring (bicyclic) bond motifs is 4. The molecule has 4 heteroatoms. The van der Waals surface area contributed by atoms with Gasteiger partial charge in [-0.15, -0.1) is 0 Å². The first-order chi connectivity index (χ1) is 26.6. The monoisotopic (exact) mass is 710 g/mol. The summed E-state index contributed by atoms with van der Waals surface area (Å²) < 4.78 is 11.7. The van der Waals surface area contributed by atoms with E-state index in [-0.39, 0.29) is 26.4 Å². The average molecular weight is 711 g/mol. The summed E-state index contributed by atoms with van der Waals surface area (Å²) in [5.74, 6) is 2.11. The van der Waals surface area contributed by atoms with Gasteiger partial charge in [-0.2, -0.15) is 0 Å². The number of ether oxygens (including phenoxy) is 2. The molecule has 4 nitrogen and oxygen atoms in total. The molecule has 2 unspecified atom stereocenters. The molecule has 0 saturated heterocycles. The minimum Gasteiger partial charge on any atom is -0.491 e. The average Bonchev–Trinajstić information content (AvgIpc) is 3.54. The third kappa shape index (κ3) is 6.46. The number of benzene rings is 5. The highest BCUT2D eigenvalue weighted by Crippen LogP contribution is 2.59. The molecule has 3 aliphatic rings. The smallest absolute Gasteiger partial charge is 0.119 e. The molecular weight excluding hydrogens is 665 g/mol. The predicted octanol–water partition coefficient (Wildman–Crippen LogP) is 8.32. The van der Waals surface area contributed by atoms with E-state index in [4.69, 9.17) is 9.47 Å². The van der Waals surface area contributed by atoms with E-state index in [0.717, 1.165) is 35.5 Å². The third-order valence-corrected chi connectivity index (χ3v) is 10.9. The maximum absolute atomic E-state index is 9.45. The molecule has 2 N–H and O–H groups in total. The summed E-state index contributed by atoms with van der Waals surface area (Å²) in [5.41, 5.74) is 10.3. The Labute approximate surface area is 318 Å². The summed E-state index contributed by atoms with van der Waals surface area (Å²) in [6, 6.07) is 39.1. The van der Waals surface area contributed by atoms with Gasteiger partial charge in [0.2, 0.25) is 0 Å². The Hall–Kier alpha value is -5.68. The second kappa shape index (κ2) is 15.7. The van der Waals surface area contributed by atoms with Crippen LogP contribution >= 0.6 is 0 Å². The second-order valence-corrected chi connectivity index (χ2v) is 14.1. The van der Waals surface area contributed by atoms with Crippen molar-refractivity contribution >= 4 is 17.7 Å². The molecule has 0 aliphatic heterocycles. The predicted molar refractivity (Wildman–Crippen MR) is 220 cm³/mol. The molecule has 0 heterocycles. The van der Waals surface area contributed by atoms with Crippen molar-refractivity contribution < 1.29 is 19.7 Å². The normalized spacial score (nSPS) is 18.2. The van der Waals surface area contributed by atoms with Gasteiger partial charge in [-0.1, -0.05) is 147 Å². The van der Waals surface area contributed by atoms with Crippen LogP contribution in [-0.2, 0) is 11.8 Å². The van der Waals surface area contributed by atoms with Gasteiger partial charge in [0.15, 0.2) is 0 Å². The number of hydrogen-bond acceptors (Lipinski definition) is 4. The highest BCUT2D eigenvalue weighted by atomic mass is 16.5. The van der Waals surface area contributed by atoms with Crippen LogP contribution in [0.4, 0.5) is 0 Å². The van der Waals surface area contributed by atoms with E-state index in [9.17, 15) is 10.2 Å². The van der Waals surface area contributed by atoms with Crippen LogP contribution in [0.15, 0.2) is 152 Å². The van der Waals surface area contributed by atoms with Crippen LogP contribution in [0.3, 0.4) is 0 Å². The lowest BCUT2D eigenvalue weighted by Gasteiger charge is -2.34. The summed E-state index contributed by atoms with van der Waals surface area (Å²) in [6.07, 6.45) is 22.4. The number of aliphatic hydroxyl groups is 2. The number of rotatable bonds is 12. The van der Waals surface area contributed by atoms with E-state index in [1.165, 1.54) is 49.4 Å². The molecule has 270 valence electrons. The number of hydrogen-bond donors (Lipinski definition) is 2. The quantitative estimate of drug-likeness (QED) is 0.134. The van der Waals surface area contributed by atoms with E-state index in [1.54, 1.807) is 0 Å². The van der Waals surface area contributed by atoms with E-state index in [1.807, 2.05) is 24.3 Å². The van der Waals surface area contributed by atoms with Crippen LogP contribution in [0.5, 0.6) is 11.5 Å². The van der Waals surface area contributed by atoms with Gasteiger partial charge in [0.05, 0.1) is 18.6 Å². The largest absolute Gasteiger partial charge is 0.491 e. The summed E-state index contributed by atoms with van der Waals surface area (Å²) in [5, 5.41) is 21.4. The lowest BCUT2D eigenvalue weighted by atomic mass is 9.67. The molecule has 0 saturated carbocycles. The van der Waals surface area contributed by atoms with Gasteiger partial charge >= 0.3 is 0 Å². The van der Waals surface area contributed by atoms with E-state index < -0.39 is 5.41 Å². The SMILES string of the molecule is CC/C=c1/cccc/c1=C/Cc1cccc2c1-c1c(C3=CC4C=CC=CC4C=C3)cccc1C2(c1ccc(OCCO)cc1)c1ccc(OCCO)cc1. The lowest BCUT2D eigenvalue weighted by molar-refractivity contribution is 0.201. The Balaban J connectivity index is 1.40. The van der Waals surface area contributed by atoms with Crippen LogP contribution < -0.4 is 19.9 Å². The standard InChI is InChI=1S/C50H46O4/c1-2-9-35-10-3-4-11-36(35)18-20-38-14-7-16-46-48(38)49-45(40-21-19-37-12-5-6-13-39(37)34-40)15-8-17-47(49)50(46,41-22-26-43(27-23-41)53-32-30-51)42-24-28-44(29-25-42)54-33-31-52/h3-19,21-29,34,37,39,51-52H,2,20,30-33H2,1H3/b35-9-,36-18-. The summed E-state index contributed by atoms with van der Waals surface area (Å²) >= 11 is 0. The fourth-order valence-corrected chi connectivity index (χ4v) is 8.60. The minimum atomic E-state index is -0.662. The van der Waals surface area contributed by atoms with Crippen molar-refractivity contribution in [2.45, 2.75) is 25.2 Å². The first-order valence-corrected chi connectivity index (χ1v) is 19.1. The van der Waals surface area contributed by atoms with Crippen LogP contribution in [0.2, 0.25) is 0 Å². The molecule has 3 aliphatic carbocycles. The van der Waals surface area contributed by atoms with Gasteiger partial charge in [-0.05, 0) is 97.6 Å². The van der Waals surface area contributed by atoms with Crippen molar-refractivity contribution in [3.05, 3.63) is 196 Å². The van der Waals surface area contributed by atoms with Gasteiger partial charge in [0.1, 0.15) is 24.7 Å². The molecule has 5 aromatic carbocycles. The molecule has 0 spiro atoms. The van der Waals surface area contributed by atoms with Gasteiger partial charge in [0.25, 0.3) is 0 Å². The van der Waals surface area contributed by atoms with Crippen molar-refractivity contribution in [2.75, 3.05) is 26.4 Å². The third-order valence-electron chi connectivity index (χ3n) is 10.9. The van der Waals surface area contributed by atoms with Gasteiger partial charge in [-0.25, -0.2) is 0 Å². The Kier molecular flexibility index (Phi) is 10.3. The topological polar surface area (TPSA) is 58.9 Å². The maximum atomic E-state index is 9.45.